The second-order valence-electron chi connectivity index (χ2n) is 7.01. The molecule has 6 N–H and O–H groups in total. The van der Waals surface area contributed by atoms with E-state index in [2.05, 4.69) is 15.3 Å². The van der Waals surface area contributed by atoms with Crippen LogP contribution >= 0.6 is 0 Å². The van der Waals surface area contributed by atoms with Crippen LogP contribution in [-0.2, 0) is 0 Å². The molecular weight excluding hydrogens is 357 g/mol. The normalized spacial score (nSPS) is 15.7. The van der Waals surface area contributed by atoms with Crippen molar-refractivity contribution in [3.8, 4) is 16.9 Å². The summed E-state index contributed by atoms with van der Waals surface area (Å²) in [4.78, 5) is 8.57. The number of aromatic hydroxyl groups is 1. The zero-order valence-electron chi connectivity index (χ0n) is 16.2. The van der Waals surface area contributed by atoms with Crippen LogP contribution in [0.1, 0.15) is 29.5 Å². The molecule has 2 aromatic rings. The molecule has 1 heterocycles. The van der Waals surface area contributed by atoms with Crippen LogP contribution in [0.2, 0.25) is 0 Å². The molecule has 0 spiro atoms. The van der Waals surface area contributed by atoms with Gasteiger partial charge in [-0.05, 0) is 56.6 Å². The Balaban J connectivity index is 2.06. The highest BCUT2D eigenvalue weighted by Crippen LogP contribution is 2.38. The Kier molecular flexibility index (Phi) is 5.94. The van der Waals surface area contributed by atoms with Crippen molar-refractivity contribution in [1.82, 2.24) is 5.32 Å². The Labute approximate surface area is 164 Å². The van der Waals surface area contributed by atoms with E-state index in [1.54, 1.807) is 38.5 Å². The van der Waals surface area contributed by atoms with Gasteiger partial charge in [0, 0.05) is 47.4 Å². The molecule has 1 aliphatic heterocycles. The summed E-state index contributed by atoms with van der Waals surface area (Å²) in [5, 5.41) is 13.9. The highest BCUT2D eigenvalue weighted by Gasteiger charge is 2.17. The van der Waals surface area contributed by atoms with Crippen molar-refractivity contribution < 1.29 is 9.50 Å². The van der Waals surface area contributed by atoms with Gasteiger partial charge in [0.2, 0.25) is 0 Å². The minimum Gasteiger partial charge on any atom is -0.507 e. The van der Waals surface area contributed by atoms with Gasteiger partial charge >= 0.3 is 0 Å². The van der Waals surface area contributed by atoms with Crippen molar-refractivity contribution in [1.29, 1.82) is 0 Å². The first-order chi connectivity index (χ1) is 13.4. The number of nitrogens with one attached hydrogen (secondary N) is 1. The molecule has 0 unspecified atom stereocenters. The fourth-order valence-corrected chi connectivity index (χ4v) is 3.36. The fraction of sp³-hybridized carbons (Fsp3) is 0.333. The van der Waals surface area contributed by atoms with E-state index in [4.69, 9.17) is 11.5 Å². The molecule has 3 rings (SSSR count). The predicted octanol–water partition coefficient (Wildman–Crippen LogP) is 2.89. The van der Waals surface area contributed by atoms with Crippen LogP contribution in [-0.4, -0.2) is 43.7 Å². The lowest BCUT2D eigenvalue weighted by Gasteiger charge is -2.19. The van der Waals surface area contributed by atoms with E-state index in [1.807, 2.05) is 0 Å². The third-order valence-electron chi connectivity index (χ3n) is 5.10. The number of phenolic OH excluding ortho intramolecular Hbond substituents is 1. The number of piperidine rings is 1. The molecule has 0 aromatic heterocycles. The number of nitrogens with two attached hydrogens (primary N) is 2. The second kappa shape index (κ2) is 8.39. The van der Waals surface area contributed by atoms with Crippen molar-refractivity contribution >= 4 is 23.8 Å². The number of aliphatic imine (C=N–C) groups is 2. The molecule has 148 valence electrons. The van der Waals surface area contributed by atoms with E-state index in [0.29, 0.717) is 33.5 Å². The molecule has 2 aromatic carbocycles. The van der Waals surface area contributed by atoms with Crippen LogP contribution in [0, 0.1) is 12.7 Å². The largest absolute Gasteiger partial charge is 0.507 e. The van der Waals surface area contributed by atoms with E-state index in [9.17, 15) is 9.50 Å². The van der Waals surface area contributed by atoms with E-state index in [1.165, 1.54) is 6.07 Å². The summed E-state index contributed by atoms with van der Waals surface area (Å²) in [7, 11) is 1.64. The molecule has 0 saturated carbocycles. The molecule has 1 fully saturated rings. The van der Waals surface area contributed by atoms with Crippen LogP contribution in [0.15, 0.2) is 28.2 Å². The van der Waals surface area contributed by atoms with Crippen molar-refractivity contribution in [2.75, 3.05) is 31.6 Å². The summed E-state index contributed by atoms with van der Waals surface area (Å²) >= 11 is 0. The maximum Gasteiger partial charge on any atom is 0.147 e. The lowest BCUT2D eigenvalue weighted by atomic mass is 9.95. The number of hydrogen-bond acceptors (Lipinski definition) is 6. The number of hydrogen-bond donors (Lipinski definition) is 4. The average molecular weight is 383 g/mol. The summed E-state index contributed by atoms with van der Waals surface area (Å²) < 4.78 is 14.5. The quantitative estimate of drug-likeness (QED) is 0.481. The Morgan fingerprint density at radius 1 is 1.11 bits per heavy atom. The molecule has 0 aliphatic carbocycles. The first kappa shape index (κ1) is 19.8. The monoisotopic (exact) mass is 383 g/mol. The topological polar surface area (TPSA) is 109 Å². The van der Waals surface area contributed by atoms with Gasteiger partial charge in [0.1, 0.15) is 11.6 Å². The van der Waals surface area contributed by atoms with Crippen LogP contribution < -0.4 is 16.8 Å². The van der Waals surface area contributed by atoms with E-state index in [0.717, 1.165) is 25.9 Å². The zero-order chi connectivity index (χ0) is 20.3. The first-order valence-corrected chi connectivity index (χ1v) is 9.29. The van der Waals surface area contributed by atoms with Gasteiger partial charge in [-0.3, -0.25) is 9.98 Å². The fourth-order valence-electron chi connectivity index (χ4n) is 3.36. The first-order valence-electron chi connectivity index (χ1n) is 9.29. The number of anilines is 2. The lowest BCUT2D eigenvalue weighted by molar-refractivity contribution is 0.461. The standard InChI is InChI=1S/C21H26FN5O/c1-12-19(23)15(10-25-2)8-17(21(12)28)13-7-14(20(24)18(22)9-13)11-27-16-3-5-26-6-4-16/h7-11,16,26,28H,3-6,23-24H2,1-2H3. The van der Waals surface area contributed by atoms with Gasteiger partial charge < -0.3 is 21.9 Å². The minimum absolute atomic E-state index is 0.0103. The third-order valence-corrected chi connectivity index (χ3v) is 5.10. The van der Waals surface area contributed by atoms with E-state index < -0.39 is 5.82 Å². The Bertz CT molecular complexity index is 933. The van der Waals surface area contributed by atoms with Crippen molar-refractivity contribution in [3.63, 3.8) is 0 Å². The highest BCUT2D eigenvalue weighted by atomic mass is 19.1. The Morgan fingerprint density at radius 2 is 1.79 bits per heavy atom. The maximum absolute atomic E-state index is 14.5. The van der Waals surface area contributed by atoms with E-state index in [-0.39, 0.29) is 17.5 Å². The van der Waals surface area contributed by atoms with Gasteiger partial charge in [-0.25, -0.2) is 4.39 Å². The molecule has 28 heavy (non-hydrogen) atoms. The number of phenols is 1. The molecule has 7 heteroatoms. The molecular formula is C21H26FN5O. The lowest BCUT2D eigenvalue weighted by Crippen LogP contribution is -2.29. The van der Waals surface area contributed by atoms with Crippen LogP contribution in [0.5, 0.6) is 5.75 Å². The van der Waals surface area contributed by atoms with Crippen LogP contribution in [0.4, 0.5) is 15.8 Å². The molecule has 0 atom stereocenters. The van der Waals surface area contributed by atoms with Crippen molar-refractivity contribution in [2.45, 2.75) is 25.8 Å². The van der Waals surface area contributed by atoms with Gasteiger partial charge in [-0.2, -0.15) is 0 Å². The van der Waals surface area contributed by atoms with Crippen molar-refractivity contribution in [2.24, 2.45) is 9.98 Å². The third kappa shape index (κ3) is 3.99. The SMILES string of the molecule is CN=Cc1cc(-c2cc(F)c(N)c(C=NC3CCNCC3)c2)c(O)c(C)c1N. The zero-order valence-corrected chi connectivity index (χ0v) is 16.2. The van der Waals surface area contributed by atoms with Gasteiger partial charge in [-0.1, -0.05) is 0 Å². The molecule has 6 nitrogen and oxygen atoms in total. The van der Waals surface area contributed by atoms with E-state index >= 15 is 0 Å². The maximum atomic E-state index is 14.5. The van der Waals surface area contributed by atoms with Gasteiger partial charge in [0.25, 0.3) is 0 Å². The molecule has 0 radical (unpaired) electrons. The number of benzene rings is 2. The molecule has 1 saturated heterocycles. The molecule has 1 aliphatic rings. The summed E-state index contributed by atoms with van der Waals surface area (Å²) in [6.07, 6.45) is 5.12. The van der Waals surface area contributed by atoms with Gasteiger partial charge in [0.15, 0.2) is 0 Å². The second-order valence-corrected chi connectivity index (χ2v) is 7.01. The van der Waals surface area contributed by atoms with Crippen LogP contribution in [0.25, 0.3) is 11.1 Å². The number of halogens is 1. The van der Waals surface area contributed by atoms with Gasteiger partial charge in [0.05, 0.1) is 11.7 Å². The summed E-state index contributed by atoms with van der Waals surface area (Å²) in [5.74, 6) is -0.542. The smallest absolute Gasteiger partial charge is 0.147 e. The summed E-state index contributed by atoms with van der Waals surface area (Å²) in [6.45, 7) is 3.56. The minimum atomic E-state index is -0.552. The van der Waals surface area contributed by atoms with Crippen molar-refractivity contribution in [3.05, 3.63) is 40.7 Å². The van der Waals surface area contributed by atoms with Crippen LogP contribution in [0.3, 0.4) is 0 Å². The number of nitrogens with zero attached hydrogens (tertiary/aromatic N) is 2. The summed E-state index contributed by atoms with van der Waals surface area (Å²) in [6, 6.07) is 4.95. The Hall–Kier alpha value is -2.93. The number of rotatable bonds is 4. The van der Waals surface area contributed by atoms with Gasteiger partial charge in [-0.15, -0.1) is 0 Å². The Morgan fingerprint density at radius 3 is 2.46 bits per heavy atom. The molecule has 0 amide bonds. The summed E-state index contributed by atoms with van der Waals surface area (Å²) in [5.41, 5.74) is 15.1. The average Bonchev–Trinajstić information content (AvgIpc) is 2.70. The molecule has 0 bridgehead atoms. The number of nitrogen functional groups attached to an aromatic ring is 2. The predicted molar refractivity (Wildman–Crippen MR) is 114 cm³/mol. The highest BCUT2D eigenvalue weighted by molar-refractivity contribution is 5.95.